The van der Waals surface area contributed by atoms with Gasteiger partial charge in [0.2, 0.25) is 0 Å². The van der Waals surface area contributed by atoms with Gasteiger partial charge in [0.05, 0.1) is 0 Å². The fraction of sp³-hybridized carbons (Fsp3) is 0.0588. The normalized spacial score (nSPS) is 13.5. The van der Waals surface area contributed by atoms with E-state index in [0.717, 1.165) is 0 Å². The Hall–Kier alpha value is -6.24. The Morgan fingerprint density at radius 1 is 0.294 bits per heavy atom. The van der Waals surface area contributed by atoms with Gasteiger partial charge in [-0.1, -0.05) is 172 Å². The Kier molecular flexibility index (Phi) is 5.82. The van der Waals surface area contributed by atoms with Crippen molar-refractivity contribution in [2.24, 2.45) is 0 Å². The zero-order valence-corrected chi connectivity index (χ0v) is 28.7. The molecule has 0 unspecified atom stereocenters. The highest BCUT2D eigenvalue weighted by atomic mass is 14.4. The predicted octanol–water partition coefficient (Wildman–Crippen LogP) is 14.2. The first-order valence-electron chi connectivity index (χ1n) is 18.0. The molecule has 0 aromatic heterocycles. The van der Waals surface area contributed by atoms with Crippen LogP contribution >= 0.6 is 0 Å². The van der Waals surface area contributed by atoms with E-state index in [1.807, 2.05) is 0 Å². The van der Waals surface area contributed by atoms with Crippen LogP contribution in [0.4, 0.5) is 0 Å². The summed E-state index contributed by atoms with van der Waals surface area (Å²) in [4.78, 5) is 0. The van der Waals surface area contributed by atoms with Gasteiger partial charge in [0, 0.05) is 5.41 Å². The average molecular weight is 647 g/mol. The van der Waals surface area contributed by atoms with Crippen molar-refractivity contribution >= 4 is 64.6 Å². The minimum atomic E-state index is -0.184. The number of hydrogen-bond donors (Lipinski definition) is 0. The molecule has 0 bridgehead atoms. The summed E-state index contributed by atoms with van der Waals surface area (Å²) in [6.07, 6.45) is 0. The highest BCUT2D eigenvalue weighted by Crippen LogP contribution is 2.58. The summed E-state index contributed by atoms with van der Waals surface area (Å²) < 4.78 is 0. The molecule has 0 heterocycles. The van der Waals surface area contributed by atoms with Gasteiger partial charge in [-0.25, -0.2) is 0 Å². The molecule has 10 aromatic rings. The van der Waals surface area contributed by atoms with Gasteiger partial charge in [0.25, 0.3) is 0 Å². The van der Waals surface area contributed by atoms with E-state index in [-0.39, 0.29) is 5.41 Å². The molecule has 238 valence electrons. The van der Waals surface area contributed by atoms with Crippen LogP contribution < -0.4 is 0 Å². The molecule has 0 atom stereocenters. The van der Waals surface area contributed by atoms with Crippen LogP contribution in [0, 0.1) is 0 Å². The summed E-state index contributed by atoms with van der Waals surface area (Å²) >= 11 is 0. The molecule has 1 aliphatic carbocycles. The van der Waals surface area contributed by atoms with E-state index in [1.54, 1.807) is 0 Å². The van der Waals surface area contributed by atoms with Crippen LogP contribution in [0.2, 0.25) is 0 Å². The van der Waals surface area contributed by atoms with Gasteiger partial charge in [-0.2, -0.15) is 0 Å². The Bertz CT molecular complexity index is 3050. The van der Waals surface area contributed by atoms with E-state index in [0.29, 0.717) is 0 Å². The molecule has 0 heteroatoms. The zero-order valence-electron chi connectivity index (χ0n) is 28.7. The third kappa shape index (κ3) is 3.85. The van der Waals surface area contributed by atoms with E-state index in [1.165, 1.54) is 109 Å². The fourth-order valence-electron chi connectivity index (χ4n) is 9.72. The third-order valence-corrected chi connectivity index (χ3v) is 11.7. The average Bonchev–Trinajstić information content (AvgIpc) is 3.43. The van der Waals surface area contributed by atoms with Crippen LogP contribution in [0.5, 0.6) is 0 Å². The highest BCUT2D eigenvalue weighted by molar-refractivity contribution is 6.26. The minimum absolute atomic E-state index is 0.184. The maximum atomic E-state index is 2.55. The standard InChI is InChI=1S/C51H34/c1-51(2)49-42-25-13-7-19-36(42)44(30-45(49)48-37-20-8-5-17-34(37)35-18-6-14-26-43(35)50(48)51)47-40-23-11-9-21-38(40)46(39-22-10-12-24-41(39)47)33-28-27-31-15-3-4-16-32(31)29-33/h3-30H,1-2H3. The lowest BCUT2D eigenvalue weighted by atomic mass is 9.77. The van der Waals surface area contributed by atoms with Crippen molar-refractivity contribution in [2.75, 3.05) is 0 Å². The summed E-state index contributed by atoms with van der Waals surface area (Å²) in [7, 11) is 0. The van der Waals surface area contributed by atoms with Crippen LogP contribution in [0.25, 0.3) is 98.0 Å². The van der Waals surface area contributed by atoms with Crippen molar-refractivity contribution in [3.05, 3.63) is 181 Å². The smallest absolute Gasteiger partial charge is 0.0171 e. The van der Waals surface area contributed by atoms with Gasteiger partial charge in [-0.05, 0) is 121 Å². The van der Waals surface area contributed by atoms with Crippen LogP contribution in [-0.4, -0.2) is 0 Å². The van der Waals surface area contributed by atoms with E-state index in [4.69, 9.17) is 0 Å². The Labute approximate surface area is 297 Å². The van der Waals surface area contributed by atoms with Gasteiger partial charge in [-0.3, -0.25) is 0 Å². The van der Waals surface area contributed by atoms with Crippen molar-refractivity contribution in [1.29, 1.82) is 0 Å². The first-order valence-corrected chi connectivity index (χ1v) is 18.0. The van der Waals surface area contributed by atoms with Crippen molar-refractivity contribution in [1.82, 2.24) is 0 Å². The molecule has 11 rings (SSSR count). The first-order chi connectivity index (χ1) is 25.1. The lowest BCUT2D eigenvalue weighted by molar-refractivity contribution is 0.672. The van der Waals surface area contributed by atoms with E-state index >= 15 is 0 Å². The molecule has 0 aliphatic heterocycles. The molecule has 0 fully saturated rings. The molecule has 0 saturated carbocycles. The van der Waals surface area contributed by atoms with E-state index < -0.39 is 0 Å². The molecular formula is C51H34. The molecule has 10 aromatic carbocycles. The number of benzene rings is 10. The molecule has 51 heavy (non-hydrogen) atoms. The van der Waals surface area contributed by atoms with Crippen molar-refractivity contribution in [3.8, 4) is 33.4 Å². The van der Waals surface area contributed by atoms with Gasteiger partial charge in [0.15, 0.2) is 0 Å². The Morgan fingerprint density at radius 3 is 1.33 bits per heavy atom. The summed E-state index contributed by atoms with van der Waals surface area (Å²) in [6, 6.07) is 63.5. The molecular weight excluding hydrogens is 613 g/mol. The molecule has 0 saturated heterocycles. The molecule has 1 aliphatic rings. The Balaban J connectivity index is 1.31. The second-order valence-corrected chi connectivity index (χ2v) is 14.8. The SMILES string of the molecule is CC1(C)c2c(cc(-c3c4ccccc4c(-c4ccc5ccccc5c4)c4ccccc34)c3ccccc23)-c2c1c1ccccc1c1ccccc21. The molecule has 0 nitrogen and oxygen atoms in total. The van der Waals surface area contributed by atoms with E-state index in [9.17, 15) is 0 Å². The number of hydrogen-bond acceptors (Lipinski definition) is 0. The van der Waals surface area contributed by atoms with Crippen molar-refractivity contribution in [2.45, 2.75) is 19.3 Å². The van der Waals surface area contributed by atoms with Gasteiger partial charge in [0.1, 0.15) is 0 Å². The lowest BCUT2D eigenvalue weighted by Crippen LogP contribution is -2.16. The van der Waals surface area contributed by atoms with Crippen LogP contribution in [0.3, 0.4) is 0 Å². The molecule has 0 spiro atoms. The van der Waals surface area contributed by atoms with Gasteiger partial charge in [-0.15, -0.1) is 0 Å². The Morgan fingerprint density at radius 2 is 0.725 bits per heavy atom. The van der Waals surface area contributed by atoms with Crippen LogP contribution in [0.1, 0.15) is 25.0 Å². The monoisotopic (exact) mass is 646 g/mol. The summed E-state index contributed by atoms with van der Waals surface area (Å²) in [6.45, 7) is 4.88. The molecule has 0 radical (unpaired) electrons. The van der Waals surface area contributed by atoms with Crippen molar-refractivity contribution < 1.29 is 0 Å². The summed E-state index contributed by atoms with van der Waals surface area (Å²) in [5, 5.41) is 15.6. The quantitative estimate of drug-likeness (QED) is 0.129. The second kappa shape index (κ2) is 10.4. The maximum absolute atomic E-state index is 2.55. The van der Waals surface area contributed by atoms with Crippen LogP contribution in [-0.2, 0) is 5.41 Å². The minimum Gasteiger partial charge on any atom is -0.0616 e. The van der Waals surface area contributed by atoms with Gasteiger partial charge >= 0.3 is 0 Å². The summed E-state index contributed by atoms with van der Waals surface area (Å²) in [5.74, 6) is 0. The number of fused-ring (bicyclic) bond motifs is 13. The van der Waals surface area contributed by atoms with Crippen molar-refractivity contribution in [3.63, 3.8) is 0 Å². The zero-order chi connectivity index (χ0) is 33.8. The summed E-state index contributed by atoms with van der Waals surface area (Å²) in [5.41, 5.74) is 10.6. The number of rotatable bonds is 2. The first kappa shape index (κ1) is 28.6. The van der Waals surface area contributed by atoms with E-state index in [2.05, 4.69) is 184 Å². The molecule has 0 amide bonds. The lowest BCUT2D eigenvalue weighted by Gasteiger charge is -2.26. The third-order valence-electron chi connectivity index (χ3n) is 11.7. The van der Waals surface area contributed by atoms with Crippen LogP contribution in [0.15, 0.2) is 170 Å². The fourth-order valence-corrected chi connectivity index (χ4v) is 9.72. The van der Waals surface area contributed by atoms with Gasteiger partial charge < -0.3 is 0 Å². The molecule has 0 N–H and O–H groups in total. The highest BCUT2D eigenvalue weighted by Gasteiger charge is 2.40. The maximum Gasteiger partial charge on any atom is 0.0171 e. The topological polar surface area (TPSA) is 0 Å². The second-order valence-electron chi connectivity index (χ2n) is 14.8. The largest absolute Gasteiger partial charge is 0.0616 e. The predicted molar refractivity (Wildman–Crippen MR) is 220 cm³/mol.